The van der Waals surface area contributed by atoms with E-state index in [1.807, 2.05) is 0 Å². The lowest BCUT2D eigenvalue weighted by Gasteiger charge is -2.30. The van der Waals surface area contributed by atoms with Crippen molar-refractivity contribution in [3.8, 4) is 0 Å². The third-order valence-corrected chi connectivity index (χ3v) is 3.90. The lowest BCUT2D eigenvalue weighted by atomic mass is 9.89. The molecule has 1 fully saturated rings. The van der Waals surface area contributed by atoms with E-state index in [0.29, 0.717) is 13.0 Å². The molecule has 0 saturated carbocycles. The fraction of sp³-hybridized carbons (Fsp3) is 0.467. The molecule has 1 aromatic rings. The van der Waals surface area contributed by atoms with Crippen LogP contribution in [-0.4, -0.2) is 47.6 Å². The molecule has 0 aromatic heterocycles. The number of carbonyl (C=O) groups excluding carboxylic acids is 2. The zero-order valence-electron chi connectivity index (χ0n) is 12.4. The van der Waals surface area contributed by atoms with Crippen LogP contribution in [-0.2, 0) is 15.2 Å². The van der Waals surface area contributed by atoms with Gasteiger partial charge in [-0.05, 0) is 12.0 Å². The molecule has 1 saturated heterocycles. The second-order valence-corrected chi connectivity index (χ2v) is 5.57. The summed E-state index contributed by atoms with van der Waals surface area (Å²) in [5.74, 6) is -1.38. The molecule has 0 unspecified atom stereocenters. The standard InChI is InChI=1S/C15H17F3N2O3/c1-20-8-7-11(13(20)22)19-12(21)9-14(23,15(16,17)18)10-5-3-2-4-6-10/h2-6,11,23H,7-9H2,1H3,(H,19,21)/t11-,14+/m0/s1. The molecule has 0 spiro atoms. The predicted octanol–water partition coefficient (Wildman–Crippen LogP) is 1.17. The highest BCUT2D eigenvalue weighted by molar-refractivity contribution is 5.89. The van der Waals surface area contributed by atoms with Crippen LogP contribution >= 0.6 is 0 Å². The Morgan fingerprint density at radius 2 is 1.96 bits per heavy atom. The molecule has 0 radical (unpaired) electrons. The molecule has 1 aromatic carbocycles. The average Bonchev–Trinajstić information content (AvgIpc) is 2.79. The number of amides is 2. The van der Waals surface area contributed by atoms with Crippen LogP contribution in [0.25, 0.3) is 0 Å². The van der Waals surface area contributed by atoms with E-state index in [0.717, 1.165) is 12.1 Å². The number of likely N-dealkylation sites (N-methyl/N-ethyl adjacent to an activating group) is 1. The van der Waals surface area contributed by atoms with E-state index < -0.39 is 35.7 Å². The molecule has 2 rings (SSSR count). The van der Waals surface area contributed by atoms with Crippen molar-refractivity contribution < 1.29 is 27.9 Å². The van der Waals surface area contributed by atoms with Crippen LogP contribution in [0.1, 0.15) is 18.4 Å². The van der Waals surface area contributed by atoms with Crippen LogP contribution < -0.4 is 5.32 Å². The van der Waals surface area contributed by atoms with Gasteiger partial charge in [0.2, 0.25) is 11.8 Å². The fourth-order valence-electron chi connectivity index (χ4n) is 2.51. The first-order valence-corrected chi connectivity index (χ1v) is 7.04. The molecule has 0 bridgehead atoms. The highest BCUT2D eigenvalue weighted by Gasteiger charge is 2.56. The summed E-state index contributed by atoms with van der Waals surface area (Å²) in [7, 11) is 1.55. The lowest BCUT2D eigenvalue weighted by molar-refractivity contribution is -0.267. The first kappa shape index (κ1) is 17.3. The van der Waals surface area contributed by atoms with Gasteiger partial charge in [0.05, 0.1) is 6.42 Å². The van der Waals surface area contributed by atoms with Crippen molar-refractivity contribution in [1.29, 1.82) is 0 Å². The molecule has 5 nitrogen and oxygen atoms in total. The number of nitrogens with zero attached hydrogens (tertiary/aromatic N) is 1. The van der Waals surface area contributed by atoms with E-state index >= 15 is 0 Å². The Balaban J connectivity index is 2.16. The number of hydrogen-bond acceptors (Lipinski definition) is 3. The summed E-state index contributed by atoms with van der Waals surface area (Å²) in [4.78, 5) is 25.0. The Hall–Kier alpha value is -2.09. The molecule has 2 N–H and O–H groups in total. The summed E-state index contributed by atoms with van der Waals surface area (Å²) < 4.78 is 39.9. The highest BCUT2D eigenvalue weighted by Crippen LogP contribution is 2.41. The SMILES string of the molecule is CN1CC[C@H](NC(=O)C[C@@](O)(c2ccccc2)C(F)(F)F)C1=O. The monoisotopic (exact) mass is 330 g/mol. The maximum absolute atomic E-state index is 13.3. The second kappa shape index (κ2) is 6.19. The van der Waals surface area contributed by atoms with Gasteiger partial charge in [-0.2, -0.15) is 13.2 Å². The van der Waals surface area contributed by atoms with Gasteiger partial charge in [0.15, 0.2) is 5.60 Å². The lowest BCUT2D eigenvalue weighted by Crippen LogP contribution is -2.48. The number of benzene rings is 1. The van der Waals surface area contributed by atoms with Crippen LogP contribution in [0.2, 0.25) is 0 Å². The number of alkyl halides is 3. The third kappa shape index (κ3) is 3.47. The Morgan fingerprint density at radius 3 is 2.43 bits per heavy atom. The second-order valence-electron chi connectivity index (χ2n) is 5.57. The minimum atomic E-state index is -5.03. The summed E-state index contributed by atoms with van der Waals surface area (Å²) in [5, 5.41) is 12.4. The number of halogens is 3. The molecule has 1 heterocycles. The zero-order valence-corrected chi connectivity index (χ0v) is 12.4. The largest absolute Gasteiger partial charge is 0.421 e. The summed E-state index contributed by atoms with van der Waals surface area (Å²) in [5.41, 5.74) is -3.72. The first-order chi connectivity index (χ1) is 10.6. The minimum Gasteiger partial charge on any atom is -0.376 e. The van der Waals surface area contributed by atoms with Crippen LogP contribution in [0.4, 0.5) is 13.2 Å². The topological polar surface area (TPSA) is 69.6 Å². The number of nitrogens with one attached hydrogen (secondary N) is 1. The van der Waals surface area contributed by atoms with Crippen LogP contribution in [0.5, 0.6) is 0 Å². The molecule has 8 heteroatoms. The summed E-state index contributed by atoms with van der Waals surface area (Å²) in [6, 6.07) is 5.57. The van der Waals surface area contributed by atoms with Crippen molar-refractivity contribution >= 4 is 11.8 Å². The summed E-state index contributed by atoms with van der Waals surface area (Å²) >= 11 is 0. The molecule has 1 aliphatic heterocycles. The van der Waals surface area contributed by atoms with E-state index in [1.165, 1.54) is 23.1 Å². The van der Waals surface area contributed by atoms with Crippen molar-refractivity contribution in [2.45, 2.75) is 30.7 Å². The van der Waals surface area contributed by atoms with Crippen molar-refractivity contribution in [1.82, 2.24) is 10.2 Å². The summed E-state index contributed by atoms with van der Waals surface area (Å²) in [6.45, 7) is 0.423. The van der Waals surface area contributed by atoms with E-state index in [2.05, 4.69) is 5.32 Å². The van der Waals surface area contributed by atoms with E-state index in [9.17, 15) is 27.9 Å². The van der Waals surface area contributed by atoms with E-state index in [1.54, 1.807) is 7.05 Å². The number of hydrogen-bond donors (Lipinski definition) is 2. The quantitative estimate of drug-likeness (QED) is 0.871. The van der Waals surface area contributed by atoms with Gasteiger partial charge < -0.3 is 15.3 Å². The average molecular weight is 330 g/mol. The van der Waals surface area contributed by atoms with Crippen molar-refractivity contribution in [3.05, 3.63) is 35.9 Å². The van der Waals surface area contributed by atoms with Gasteiger partial charge in [-0.15, -0.1) is 0 Å². The summed E-state index contributed by atoms with van der Waals surface area (Å²) in [6.07, 6.45) is -5.90. The number of aliphatic hydroxyl groups is 1. The molecule has 2 atom stereocenters. The number of rotatable bonds is 4. The molecule has 23 heavy (non-hydrogen) atoms. The van der Waals surface area contributed by atoms with Crippen molar-refractivity contribution in [2.75, 3.05) is 13.6 Å². The Kier molecular flexibility index (Phi) is 4.65. The van der Waals surface area contributed by atoms with Crippen LogP contribution in [0.15, 0.2) is 30.3 Å². The maximum atomic E-state index is 13.3. The van der Waals surface area contributed by atoms with Crippen LogP contribution in [0.3, 0.4) is 0 Å². The minimum absolute atomic E-state index is 0.330. The van der Waals surface area contributed by atoms with Gasteiger partial charge in [0.25, 0.3) is 0 Å². The van der Waals surface area contributed by atoms with Gasteiger partial charge in [0.1, 0.15) is 6.04 Å². The zero-order chi connectivity index (χ0) is 17.3. The van der Waals surface area contributed by atoms with Gasteiger partial charge in [-0.1, -0.05) is 30.3 Å². The normalized spacial score (nSPS) is 21.2. The van der Waals surface area contributed by atoms with Gasteiger partial charge in [-0.3, -0.25) is 9.59 Å². The van der Waals surface area contributed by atoms with Crippen molar-refractivity contribution in [3.63, 3.8) is 0 Å². The van der Waals surface area contributed by atoms with Gasteiger partial charge >= 0.3 is 6.18 Å². The van der Waals surface area contributed by atoms with E-state index in [4.69, 9.17) is 0 Å². The molecule has 126 valence electrons. The molecular formula is C15H17F3N2O3. The smallest absolute Gasteiger partial charge is 0.376 e. The first-order valence-electron chi connectivity index (χ1n) is 7.04. The number of likely N-dealkylation sites (tertiary alicyclic amines) is 1. The Labute approximate surface area is 131 Å². The van der Waals surface area contributed by atoms with E-state index in [-0.39, 0.29) is 5.91 Å². The maximum Gasteiger partial charge on any atom is 0.421 e. The molecule has 0 aliphatic carbocycles. The fourth-order valence-corrected chi connectivity index (χ4v) is 2.51. The van der Waals surface area contributed by atoms with Gasteiger partial charge in [0, 0.05) is 13.6 Å². The third-order valence-electron chi connectivity index (χ3n) is 3.90. The highest BCUT2D eigenvalue weighted by atomic mass is 19.4. The number of carbonyl (C=O) groups is 2. The Morgan fingerprint density at radius 1 is 1.35 bits per heavy atom. The van der Waals surface area contributed by atoms with Crippen LogP contribution in [0, 0.1) is 0 Å². The predicted molar refractivity (Wildman–Crippen MR) is 75.2 cm³/mol. The van der Waals surface area contributed by atoms with Crippen molar-refractivity contribution in [2.24, 2.45) is 0 Å². The Bertz CT molecular complexity index is 591. The molecule has 2 amide bonds. The van der Waals surface area contributed by atoms with Gasteiger partial charge in [-0.25, -0.2) is 0 Å². The molecule has 1 aliphatic rings. The molecular weight excluding hydrogens is 313 g/mol.